The van der Waals surface area contributed by atoms with Crippen molar-refractivity contribution in [3.63, 3.8) is 0 Å². The lowest BCUT2D eigenvalue weighted by atomic mass is 10.3. The molecule has 0 aromatic heterocycles. The molecule has 0 bridgehead atoms. The number of benzene rings is 1. The maximum absolute atomic E-state index is 11.4. The number of carbonyl (C=O) groups excluding carboxylic acids is 2. The Hall–Kier alpha value is -2.04. The molecule has 0 unspecified atom stereocenters. The minimum atomic E-state index is -0.424. The van der Waals surface area contributed by atoms with Gasteiger partial charge in [0, 0.05) is 5.69 Å². The predicted octanol–water partition coefficient (Wildman–Crippen LogP) is 2.15. The molecule has 2 N–H and O–H groups in total. The normalized spacial score (nSPS) is 9.61. The van der Waals surface area contributed by atoms with E-state index in [1.807, 2.05) is 25.1 Å². The maximum Gasteiger partial charge on any atom is 0.325 e. The Labute approximate surface area is 107 Å². The third-order valence-electron chi connectivity index (χ3n) is 2.19. The first-order chi connectivity index (χ1) is 8.72. The van der Waals surface area contributed by atoms with Crippen LogP contribution in [0, 0.1) is 0 Å². The van der Waals surface area contributed by atoms with Crippen LogP contribution in [0.25, 0.3) is 0 Å². The van der Waals surface area contributed by atoms with Crippen LogP contribution in [0.5, 0.6) is 0 Å². The fourth-order valence-corrected chi connectivity index (χ4v) is 1.23. The number of carbonyl (C=O) groups is 2. The van der Waals surface area contributed by atoms with Gasteiger partial charge in [0.1, 0.15) is 6.54 Å². The molecular formula is C13H18N2O3. The number of anilines is 1. The highest BCUT2D eigenvalue weighted by molar-refractivity contribution is 5.91. The lowest BCUT2D eigenvalue weighted by molar-refractivity contribution is -0.142. The Bertz CT molecular complexity index is 379. The zero-order valence-corrected chi connectivity index (χ0v) is 10.4. The quantitative estimate of drug-likeness (QED) is 0.600. The summed E-state index contributed by atoms with van der Waals surface area (Å²) >= 11 is 0. The summed E-state index contributed by atoms with van der Waals surface area (Å²) in [5.41, 5.74) is 0.675. The van der Waals surface area contributed by atoms with Gasteiger partial charge in [-0.2, -0.15) is 0 Å². The summed E-state index contributed by atoms with van der Waals surface area (Å²) in [6, 6.07) is 8.59. The smallest absolute Gasteiger partial charge is 0.325 e. The molecule has 1 rings (SSSR count). The van der Waals surface area contributed by atoms with E-state index >= 15 is 0 Å². The van der Waals surface area contributed by atoms with Crippen molar-refractivity contribution in [3.05, 3.63) is 30.3 Å². The van der Waals surface area contributed by atoms with E-state index in [0.717, 1.165) is 12.8 Å². The Morgan fingerprint density at radius 3 is 2.61 bits per heavy atom. The molecular weight excluding hydrogens is 232 g/mol. The average Bonchev–Trinajstić information content (AvgIpc) is 2.38. The van der Waals surface area contributed by atoms with Gasteiger partial charge < -0.3 is 15.4 Å². The SMILES string of the molecule is CCCCOC(=O)CNC(=O)Nc1ccccc1. The van der Waals surface area contributed by atoms with Gasteiger partial charge in [-0.25, -0.2) is 4.79 Å². The molecule has 5 heteroatoms. The topological polar surface area (TPSA) is 67.4 Å². The van der Waals surface area contributed by atoms with Gasteiger partial charge in [0.15, 0.2) is 0 Å². The molecule has 0 saturated heterocycles. The maximum atomic E-state index is 11.4. The number of esters is 1. The Balaban J connectivity index is 2.19. The summed E-state index contributed by atoms with van der Waals surface area (Å²) in [6.07, 6.45) is 1.80. The van der Waals surface area contributed by atoms with Crippen LogP contribution in [-0.2, 0) is 9.53 Å². The van der Waals surface area contributed by atoms with Gasteiger partial charge in [-0.15, -0.1) is 0 Å². The molecule has 5 nitrogen and oxygen atoms in total. The van der Waals surface area contributed by atoms with Crippen molar-refractivity contribution in [1.82, 2.24) is 5.32 Å². The van der Waals surface area contributed by atoms with E-state index < -0.39 is 12.0 Å². The number of hydrogen-bond donors (Lipinski definition) is 2. The molecule has 0 atom stereocenters. The Morgan fingerprint density at radius 2 is 1.94 bits per heavy atom. The third kappa shape index (κ3) is 5.89. The Kier molecular flexibility index (Phi) is 6.32. The number of nitrogens with one attached hydrogen (secondary N) is 2. The summed E-state index contributed by atoms with van der Waals surface area (Å²) < 4.78 is 4.90. The van der Waals surface area contributed by atoms with Crippen LogP contribution < -0.4 is 10.6 Å². The minimum absolute atomic E-state index is 0.123. The van der Waals surface area contributed by atoms with Crippen LogP contribution >= 0.6 is 0 Å². The molecule has 0 fully saturated rings. The molecule has 0 spiro atoms. The Morgan fingerprint density at radius 1 is 1.22 bits per heavy atom. The summed E-state index contributed by atoms with van der Waals surface area (Å²) in [7, 11) is 0. The second kappa shape index (κ2) is 8.11. The number of urea groups is 1. The summed E-state index contributed by atoms with van der Waals surface area (Å²) in [4.78, 5) is 22.6. The molecule has 98 valence electrons. The van der Waals surface area contributed by atoms with Gasteiger partial charge in [0.2, 0.25) is 0 Å². The number of hydrogen-bond acceptors (Lipinski definition) is 3. The van der Waals surface area contributed by atoms with Crippen molar-refractivity contribution in [3.8, 4) is 0 Å². The lowest BCUT2D eigenvalue weighted by Crippen LogP contribution is -2.34. The van der Waals surface area contributed by atoms with Crippen LogP contribution in [0.1, 0.15) is 19.8 Å². The van der Waals surface area contributed by atoms with E-state index in [2.05, 4.69) is 10.6 Å². The van der Waals surface area contributed by atoms with Crippen LogP contribution in [0.4, 0.5) is 10.5 Å². The number of para-hydroxylation sites is 1. The second-order valence-corrected chi connectivity index (χ2v) is 3.75. The van der Waals surface area contributed by atoms with Gasteiger partial charge in [-0.05, 0) is 18.6 Å². The first-order valence-electron chi connectivity index (χ1n) is 5.98. The van der Waals surface area contributed by atoms with Gasteiger partial charge in [0.25, 0.3) is 0 Å². The molecule has 0 saturated carbocycles. The zero-order valence-electron chi connectivity index (χ0n) is 10.4. The van der Waals surface area contributed by atoms with Crippen LogP contribution in [0.3, 0.4) is 0 Å². The largest absolute Gasteiger partial charge is 0.464 e. The van der Waals surface area contributed by atoms with E-state index in [9.17, 15) is 9.59 Å². The van der Waals surface area contributed by atoms with E-state index in [-0.39, 0.29) is 6.54 Å². The van der Waals surface area contributed by atoms with Crippen LogP contribution in [-0.4, -0.2) is 25.2 Å². The van der Waals surface area contributed by atoms with Crippen molar-refractivity contribution >= 4 is 17.7 Å². The summed E-state index contributed by atoms with van der Waals surface area (Å²) in [5, 5.41) is 5.04. The highest BCUT2D eigenvalue weighted by atomic mass is 16.5. The molecule has 0 aliphatic rings. The minimum Gasteiger partial charge on any atom is -0.464 e. The fraction of sp³-hybridized carbons (Fsp3) is 0.385. The van der Waals surface area contributed by atoms with E-state index in [1.54, 1.807) is 12.1 Å². The number of rotatable bonds is 6. The highest BCUT2D eigenvalue weighted by Crippen LogP contribution is 2.03. The van der Waals surface area contributed by atoms with Crippen LogP contribution in [0.15, 0.2) is 30.3 Å². The number of unbranched alkanes of at least 4 members (excludes halogenated alkanes) is 1. The predicted molar refractivity (Wildman–Crippen MR) is 69.3 cm³/mol. The fourth-order valence-electron chi connectivity index (χ4n) is 1.23. The zero-order chi connectivity index (χ0) is 13.2. The van der Waals surface area contributed by atoms with Crippen molar-refractivity contribution in [2.45, 2.75) is 19.8 Å². The average molecular weight is 250 g/mol. The standard InChI is InChI=1S/C13H18N2O3/c1-2-3-9-18-12(16)10-14-13(17)15-11-7-5-4-6-8-11/h4-8H,2-3,9-10H2,1H3,(H2,14,15,17). The molecule has 0 aliphatic carbocycles. The van der Waals surface area contributed by atoms with E-state index in [1.165, 1.54) is 0 Å². The van der Waals surface area contributed by atoms with Gasteiger partial charge in [-0.1, -0.05) is 31.5 Å². The first kappa shape index (κ1) is 14.0. The molecule has 0 heterocycles. The van der Waals surface area contributed by atoms with Gasteiger partial charge in [-0.3, -0.25) is 4.79 Å². The van der Waals surface area contributed by atoms with Crippen molar-refractivity contribution in [2.75, 3.05) is 18.5 Å². The van der Waals surface area contributed by atoms with Crippen LogP contribution in [0.2, 0.25) is 0 Å². The molecule has 18 heavy (non-hydrogen) atoms. The number of ether oxygens (including phenoxy) is 1. The van der Waals surface area contributed by atoms with Gasteiger partial charge in [0.05, 0.1) is 6.61 Å². The molecule has 2 amide bonds. The van der Waals surface area contributed by atoms with Crippen molar-refractivity contribution in [1.29, 1.82) is 0 Å². The van der Waals surface area contributed by atoms with E-state index in [0.29, 0.717) is 12.3 Å². The molecule has 1 aromatic rings. The monoisotopic (exact) mass is 250 g/mol. The first-order valence-corrected chi connectivity index (χ1v) is 5.98. The lowest BCUT2D eigenvalue weighted by Gasteiger charge is -2.07. The summed E-state index contributed by atoms with van der Waals surface area (Å²) in [6.45, 7) is 2.29. The molecule has 0 aliphatic heterocycles. The van der Waals surface area contributed by atoms with Crippen molar-refractivity contribution < 1.29 is 14.3 Å². The second-order valence-electron chi connectivity index (χ2n) is 3.75. The van der Waals surface area contributed by atoms with E-state index in [4.69, 9.17) is 4.74 Å². The highest BCUT2D eigenvalue weighted by Gasteiger charge is 2.05. The van der Waals surface area contributed by atoms with Crippen molar-refractivity contribution in [2.24, 2.45) is 0 Å². The summed E-state index contributed by atoms with van der Waals surface area (Å²) in [5.74, 6) is -0.424. The van der Waals surface area contributed by atoms with Gasteiger partial charge >= 0.3 is 12.0 Å². The molecule has 0 radical (unpaired) electrons. The number of amides is 2. The molecule has 1 aromatic carbocycles. The third-order valence-corrected chi connectivity index (χ3v) is 2.19.